The standard InChI is InChI=1S/C19H17N5/c1-2-7-17-16(6-1)22-14-24(17)19-9-3-8-18(23-19)21-12-10-15-5-4-11-20-13-15/h1-9,11,13-14H,10,12H2,(H,21,23). The Labute approximate surface area is 140 Å². The first-order chi connectivity index (χ1) is 11.9. The third kappa shape index (κ3) is 2.96. The molecule has 0 radical (unpaired) electrons. The number of imidazole rings is 1. The van der Waals surface area contributed by atoms with Gasteiger partial charge in [-0.25, -0.2) is 9.97 Å². The number of nitrogens with zero attached hydrogens (tertiary/aromatic N) is 4. The van der Waals surface area contributed by atoms with Crippen LogP contribution in [0.15, 0.2) is 73.3 Å². The molecule has 0 unspecified atom stereocenters. The Bertz CT molecular complexity index is 946. The van der Waals surface area contributed by atoms with Crippen LogP contribution < -0.4 is 5.32 Å². The second-order valence-corrected chi connectivity index (χ2v) is 5.52. The molecule has 0 fully saturated rings. The van der Waals surface area contributed by atoms with E-state index in [0.29, 0.717) is 0 Å². The van der Waals surface area contributed by atoms with E-state index in [1.807, 2.05) is 65.6 Å². The van der Waals surface area contributed by atoms with Crippen molar-refractivity contribution in [2.75, 3.05) is 11.9 Å². The molecule has 0 aliphatic rings. The van der Waals surface area contributed by atoms with E-state index in [4.69, 9.17) is 4.98 Å². The maximum absolute atomic E-state index is 4.69. The third-order valence-corrected chi connectivity index (χ3v) is 3.88. The summed E-state index contributed by atoms with van der Waals surface area (Å²) >= 11 is 0. The average molecular weight is 315 g/mol. The van der Waals surface area contributed by atoms with Crippen LogP contribution in [0.4, 0.5) is 5.82 Å². The molecule has 4 aromatic rings. The van der Waals surface area contributed by atoms with Crippen LogP contribution in [-0.2, 0) is 6.42 Å². The van der Waals surface area contributed by atoms with Crippen molar-refractivity contribution in [3.05, 3.63) is 78.9 Å². The molecule has 1 N–H and O–H groups in total. The van der Waals surface area contributed by atoms with Gasteiger partial charge in [-0.05, 0) is 42.3 Å². The summed E-state index contributed by atoms with van der Waals surface area (Å²) in [7, 11) is 0. The molecule has 0 saturated carbocycles. The number of aromatic nitrogens is 4. The van der Waals surface area contributed by atoms with E-state index >= 15 is 0 Å². The molecule has 0 spiro atoms. The molecule has 3 aromatic heterocycles. The maximum atomic E-state index is 4.69. The van der Waals surface area contributed by atoms with Gasteiger partial charge in [0.05, 0.1) is 11.0 Å². The van der Waals surface area contributed by atoms with Gasteiger partial charge in [0.25, 0.3) is 0 Å². The minimum absolute atomic E-state index is 0.812. The van der Waals surface area contributed by atoms with E-state index < -0.39 is 0 Å². The van der Waals surface area contributed by atoms with Crippen LogP contribution in [-0.4, -0.2) is 26.1 Å². The van der Waals surface area contributed by atoms with Crippen molar-refractivity contribution in [3.8, 4) is 5.82 Å². The fourth-order valence-corrected chi connectivity index (χ4v) is 2.68. The van der Waals surface area contributed by atoms with Gasteiger partial charge in [0.15, 0.2) is 0 Å². The number of rotatable bonds is 5. The van der Waals surface area contributed by atoms with Crippen LogP contribution in [0.3, 0.4) is 0 Å². The largest absolute Gasteiger partial charge is 0.370 e. The van der Waals surface area contributed by atoms with Gasteiger partial charge in [-0.3, -0.25) is 9.55 Å². The Morgan fingerprint density at radius 2 is 1.92 bits per heavy atom. The Morgan fingerprint density at radius 3 is 2.83 bits per heavy atom. The van der Waals surface area contributed by atoms with Crippen LogP contribution in [0.1, 0.15) is 5.56 Å². The quantitative estimate of drug-likeness (QED) is 0.613. The van der Waals surface area contributed by atoms with E-state index in [1.165, 1.54) is 5.56 Å². The summed E-state index contributed by atoms with van der Waals surface area (Å²) in [6.45, 7) is 0.812. The molecule has 24 heavy (non-hydrogen) atoms. The van der Waals surface area contributed by atoms with E-state index in [9.17, 15) is 0 Å². The van der Waals surface area contributed by atoms with Crippen LogP contribution in [0.25, 0.3) is 16.9 Å². The molecule has 0 aliphatic carbocycles. The number of pyridine rings is 2. The number of para-hydroxylation sites is 2. The highest BCUT2D eigenvalue weighted by atomic mass is 15.1. The molecule has 3 heterocycles. The summed E-state index contributed by atoms with van der Waals surface area (Å²) in [5, 5.41) is 3.37. The van der Waals surface area contributed by atoms with Gasteiger partial charge >= 0.3 is 0 Å². The normalized spacial score (nSPS) is 10.8. The summed E-state index contributed by atoms with van der Waals surface area (Å²) < 4.78 is 2.00. The van der Waals surface area contributed by atoms with E-state index in [0.717, 1.165) is 35.6 Å². The first-order valence-electron chi connectivity index (χ1n) is 7.92. The van der Waals surface area contributed by atoms with Crippen molar-refractivity contribution in [2.45, 2.75) is 6.42 Å². The van der Waals surface area contributed by atoms with Crippen LogP contribution in [0.2, 0.25) is 0 Å². The first kappa shape index (κ1) is 14.4. The maximum Gasteiger partial charge on any atom is 0.140 e. The van der Waals surface area contributed by atoms with Crippen LogP contribution >= 0.6 is 0 Å². The zero-order chi connectivity index (χ0) is 16.2. The molecule has 0 aliphatic heterocycles. The average Bonchev–Trinajstić information content (AvgIpc) is 3.07. The number of nitrogens with one attached hydrogen (secondary N) is 1. The Kier molecular flexibility index (Phi) is 3.90. The Balaban J connectivity index is 1.51. The van der Waals surface area contributed by atoms with Crippen molar-refractivity contribution in [2.24, 2.45) is 0 Å². The Hall–Kier alpha value is -3.21. The lowest BCUT2D eigenvalue weighted by atomic mass is 10.2. The molecule has 1 aromatic carbocycles. The predicted molar refractivity (Wildman–Crippen MR) is 95.3 cm³/mol. The fraction of sp³-hybridized carbons (Fsp3) is 0.105. The summed E-state index contributed by atoms with van der Waals surface area (Å²) in [4.78, 5) is 13.2. The number of hydrogen-bond acceptors (Lipinski definition) is 4. The zero-order valence-corrected chi connectivity index (χ0v) is 13.1. The predicted octanol–water partition coefficient (Wildman–Crippen LogP) is 3.47. The highest BCUT2D eigenvalue weighted by Crippen LogP contribution is 2.17. The molecule has 4 rings (SSSR count). The van der Waals surface area contributed by atoms with Crippen molar-refractivity contribution in [1.82, 2.24) is 19.5 Å². The van der Waals surface area contributed by atoms with Gasteiger partial charge in [0, 0.05) is 18.9 Å². The fourth-order valence-electron chi connectivity index (χ4n) is 2.68. The van der Waals surface area contributed by atoms with Gasteiger partial charge < -0.3 is 5.32 Å². The molecule has 5 nitrogen and oxygen atoms in total. The first-order valence-corrected chi connectivity index (χ1v) is 7.92. The van der Waals surface area contributed by atoms with E-state index in [-0.39, 0.29) is 0 Å². The lowest BCUT2D eigenvalue weighted by Gasteiger charge is -2.08. The SMILES string of the molecule is c1cncc(CCNc2cccc(-n3cnc4ccccc43)n2)c1. The molecule has 118 valence electrons. The monoisotopic (exact) mass is 315 g/mol. The van der Waals surface area contributed by atoms with Crippen molar-refractivity contribution >= 4 is 16.9 Å². The van der Waals surface area contributed by atoms with Gasteiger partial charge in [0.2, 0.25) is 0 Å². The summed E-state index contributed by atoms with van der Waals surface area (Å²) in [6.07, 6.45) is 6.40. The van der Waals surface area contributed by atoms with Crippen LogP contribution in [0, 0.1) is 0 Å². The minimum Gasteiger partial charge on any atom is -0.370 e. The molecular formula is C19H17N5. The smallest absolute Gasteiger partial charge is 0.140 e. The van der Waals surface area contributed by atoms with Gasteiger partial charge in [0.1, 0.15) is 18.0 Å². The number of hydrogen-bond donors (Lipinski definition) is 1. The molecular weight excluding hydrogens is 298 g/mol. The number of benzene rings is 1. The molecule has 0 atom stereocenters. The number of fused-ring (bicyclic) bond motifs is 1. The summed E-state index contributed by atoms with van der Waals surface area (Å²) in [5.74, 6) is 1.71. The molecule has 0 amide bonds. The van der Waals surface area contributed by atoms with Crippen molar-refractivity contribution in [3.63, 3.8) is 0 Å². The van der Waals surface area contributed by atoms with Crippen molar-refractivity contribution in [1.29, 1.82) is 0 Å². The zero-order valence-electron chi connectivity index (χ0n) is 13.1. The van der Waals surface area contributed by atoms with E-state index in [1.54, 1.807) is 6.20 Å². The summed E-state index contributed by atoms with van der Waals surface area (Å²) in [5.41, 5.74) is 3.23. The van der Waals surface area contributed by atoms with Gasteiger partial charge in [-0.15, -0.1) is 0 Å². The minimum atomic E-state index is 0.812. The second kappa shape index (κ2) is 6.50. The topological polar surface area (TPSA) is 55.6 Å². The summed E-state index contributed by atoms with van der Waals surface area (Å²) in [6, 6.07) is 18.1. The third-order valence-electron chi connectivity index (χ3n) is 3.88. The highest BCUT2D eigenvalue weighted by molar-refractivity contribution is 5.76. The van der Waals surface area contributed by atoms with Crippen LogP contribution in [0.5, 0.6) is 0 Å². The lowest BCUT2D eigenvalue weighted by Crippen LogP contribution is -2.07. The molecule has 0 saturated heterocycles. The second-order valence-electron chi connectivity index (χ2n) is 5.52. The van der Waals surface area contributed by atoms with Gasteiger partial charge in [-0.1, -0.05) is 24.3 Å². The van der Waals surface area contributed by atoms with Gasteiger partial charge in [-0.2, -0.15) is 0 Å². The molecule has 0 bridgehead atoms. The van der Waals surface area contributed by atoms with E-state index in [2.05, 4.69) is 21.4 Å². The highest BCUT2D eigenvalue weighted by Gasteiger charge is 2.05. The van der Waals surface area contributed by atoms with Crippen molar-refractivity contribution < 1.29 is 0 Å². The Morgan fingerprint density at radius 1 is 0.958 bits per heavy atom. The number of anilines is 1. The molecule has 5 heteroatoms. The lowest BCUT2D eigenvalue weighted by molar-refractivity contribution is 0.975.